The van der Waals surface area contributed by atoms with Gasteiger partial charge in [-0.2, -0.15) is 10.1 Å². The zero-order valence-electron chi connectivity index (χ0n) is 16.1. The Labute approximate surface area is 177 Å². The van der Waals surface area contributed by atoms with Gasteiger partial charge >= 0.3 is 0 Å². The van der Waals surface area contributed by atoms with Crippen molar-refractivity contribution in [2.75, 3.05) is 12.4 Å². The highest BCUT2D eigenvalue weighted by molar-refractivity contribution is 7.10. The van der Waals surface area contributed by atoms with Gasteiger partial charge in [0.15, 0.2) is 0 Å². The first kappa shape index (κ1) is 17.3. The quantitative estimate of drug-likeness (QED) is 0.516. The van der Waals surface area contributed by atoms with E-state index >= 15 is 0 Å². The number of anilines is 1. The molecule has 0 fully saturated rings. The van der Waals surface area contributed by atoms with Gasteiger partial charge in [0.1, 0.15) is 30.0 Å². The van der Waals surface area contributed by atoms with E-state index in [9.17, 15) is 0 Å². The van der Waals surface area contributed by atoms with Crippen molar-refractivity contribution in [2.45, 2.75) is 12.1 Å². The van der Waals surface area contributed by atoms with E-state index in [-0.39, 0.29) is 12.1 Å². The molecule has 0 saturated heterocycles. The van der Waals surface area contributed by atoms with Crippen LogP contribution in [0.1, 0.15) is 28.1 Å². The average molecular weight is 414 g/mol. The molecule has 1 N–H and O–H groups in total. The molecule has 0 saturated carbocycles. The topological polar surface area (TPSA) is 61.2 Å². The van der Waals surface area contributed by atoms with Crippen LogP contribution in [0.25, 0.3) is 5.70 Å². The first-order valence-corrected chi connectivity index (χ1v) is 10.6. The van der Waals surface area contributed by atoms with Crippen LogP contribution in [0.3, 0.4) is 0 Å². The van der Waals surface area contributed by atoms with Crippen LogP contribution in [0.2, 0.25) is 0 Å². The number of nitrogens with zero attached hydrogens (tertiary/aromatic N) is 3. The number of ether oxygens (including phenoxy) is 2. The maximum absolute atomic E-state index is 6.60. The summed E-state index contributed by atoms with van der Waals surface area (Å²) in [6, 6.07) is 20.3. The summed E-state index contributed by atoms with van der Waals surface area (Å²) in [5.41, 5.74) is 4.21. The molecule has 0 amide bonds. The van der Waals surface area contributed by atoms with Gasteiger partial charge in [0.05, 0.1) is 12.8 Å². The number of rotatable bonds is 3. The molecule has 6 rings (SSSR count). The van der Waals surface area contributed by atoms with Crippen molar-refractivity contribution in [3.63, 3.8) is 0 Å². The van der Waals surface area contributed by atoms with Crippen molar-refractivity contribution >= 4 is 23.0 Å². The van der Waals surface area contributed by atoms with E-state index in [1.165, 1.54) is 4.88 Å². The number of hydrogen-bond donors (Lipinski definition) is 1. The smallest absolute Gasteiger partial charge is 0.226 e. The predicted octanol–water partition coefficient (Wildman–Crippen LogP) is 4.91. The SMILES string of the molecule is COc1cccc([C@H]2Oc3ccccc3C3=C2[C@H](c2cccs2)n2ncnc2N3)c1. The van der Waals surface area contributed by atoms with Crippen LogP contribution in [-0.2, 0) is 0 Å². The van der Waals surface area contributed by atoms with Gasteiger partial charge in [-0.15, -0.1) is 11.3 Å². The summed E-state index contributed by atoms with van der Waals surface area (Å²) >= 11 is 1.71. The van der Waals surface area contributed by atoms with Gasteiger partial charge in [0.2, 0.25) is 5.95 Å². The zero-order valence-corrected chi connectivity index (χ0v) is 17.0. The zero-order chi connectivity index (χ0) is 20.1. The number of nitrogens with one attached hydrogen (secondary N) is 1. The van der Waals surface area contributed by atoms with Crippen molar-refractivity contribution < 1.29 is 9.47 Å². The normalized spacial score (nSPS) is 19.2. The lowest BCUT2D eigenvalue weighted by Gasteiger charge is -2.38. The van der Waals surface area contributed by atoms with Crippen molar-refractivity contribution in [1.82, 2.24) is 14.8 Å². The minimum atomic E-state index is -0.290. The number of benzene rings is 2. The second kappa shape index (κ2) is 6.74. The van der Waals surface area contributed by atoms with E-state index < -0.39 is 0 Å². The van der Waals surface area contributed by atoms with Crippen LogP contribution in [0.15, 0.2) is 77.9 Å². The largest absolute Gasteiger partial charge is 0.497 e. The van der Waals surface area contributed by atoms with Gasteiger partial charge in [-0.1, -0.05) is 30.3 Å². The second-order valence-electron chi connectivity index (χ2n) is 7.17. The first-order valence-electron chi connectivity index (χ1n) is 9.67. The van der Waals surface area contributed by atoms with Crippen LogP contribution in [0, 0.1) is 0 Å². The molecule has 0 unspecified atom stereocenters. The van der Waals surface area contributed by atoms with Gasteiger partial charge in [-0.3, -0.25) is 0 Å². The van der Waals surface area contributed by atoms with E-state index in [4.69, 9.17) is 9.47 Å². The average Bonchev–Trinajstić information content (AvgIpc) is 3.49. The molecule has 2 aliphatic heterocycles. The van der Waals surface area contributed by atoms with Gasteiger partial charge in [0, 0.05) is 21.6 Å². The fraction of sp³-hybridized carbons (Fsp3) is 0.130. The van der Waals surface area contributed by atoms with Crippen LogP contribution in [0.5, 0.6) is 11.5 Å². The fourth-order valence-corrected chi connectivity index (χ4v) is 5.04. The molecule has 0 bridgehead atoms. The van der Waals surface area contributed by atoms with E-state index in [1.807, 2.05) is 41.1 Å². The highest BCUT2D eigenvalue weighted by atomic mass is 32.1. The molecule has 148 valence electrons. The maximum atomic E-state index is 6.60. The minimum absolute atomic E-state index is 0.108. The van der Waals surface area contributed by atoms with E-state index in [0.29, 0.717) is 0 Å². The lowest BCUT2D eigenvalue weighted by atomic mass is 9.87. The number of hydrogen-bond acceptors (Lipinski definition) is 6. The van der Waals surface area contributed by atoms with Crippen molar-refractivity contribution in [3.05, 3.63) is 93.9 Å². The summed E-state index contributed by atoms with van der Waals surface area (Å²) in [6.45, 7) is 0. The molecule has 2 atom stereocenters. The van der Waals surface area contributed by atoms with Crippen molar-refractivity contribution in [3.8, 4) is 11.5 Å². The van der Waals surface area contributed by atoms with Gasteiger partial charge in [0.25, 0.3) is 0 Å². The summed E-state index contributed by atoms with van der Waals surface area (Å²) < 4.78 is 14.0. The highest BCUT2D eigenvalue weighted by Crippen LogP contribution is 2.51. The van der Waals surface area contributed by atoms with Crippen molar-refractivity contribution in [1.29, 1.82) is 0 Å². The third kappa shape index (κ3) is 2.55. The van der Waals surface area contributed by atoms with E-state index in [0.717, 1.165) is 39.8 Å². The lowest BCUT2D eigenvalue weighted by molar-refractivity contribution is 0.223. The molecule has 0 radical (unpaired) electrons. The molecule has 6 nitrogen and oxygen atoms in total. The molecule has 4 aromatic rings. The molecule has 0 aliphatic carbocycles. The fourth-order valence-electron chi connectivity index (χ4n) is 4.22. The molecule has 30 heavy (non-hydrogen) atoms. The van der Waals surface area contributed by atoms with Gasteiger partial charge in [-0.05, 0) is 35.7 Å². The molecular formula is C23H18N4O2S. The molecule has 7 heteroatoms. The Morgan fingerprint density at radius 3 is 2.90 bits per heavy atom. The number of thiophene rings is 1. The van der Waals surface area contributed by atoms with Gasteiger partial charge in [-0.25, -0.2) is 4.68 Å². The predicted molar refractivity (Wildman–Crippen MR) is 116 cm³/mol. The first-order chi connectivity index (χ1) is 14.8. The number of fused-ring (bicyclic) bond motifs is 3. The standard InChI is InChI=1S/C23H18N4O2S/c1-28-15-7-4-6-14(12-15)22-19-20(16-8-2-3-9-17(16)29-22)26-23-24-13-25-27(23)21(19)18-10-5-11-30-18/h2-13,21-22H,1H3,(H,24,25,26)/t21-,22+/m0/s1. The molecule has 2 aliphatic rings. The molecule has 2 aromatic heterocycles. The Morgan fingerprint density at radius 1 is 1.10 bits per heavy atom. The third-order valence-corrected chi connectivity index (χ3v) is 6.46. The Kier molecular flexibility index (Phi) is 3.89. The van der Waals surface area contributed by atoms with Crippen LogP contribution in [0.4, 0.5) is 5.95 Å². The number of para-hydroxylation sites is 1. The lowest BCUT2D eigenvalue weighted by Crippen LogP contribution is -2.32. The van der Waals surface area contributed by atoms with Crippen LogP contribution >= 0.6 is 11.3 Å². The Morgan fingerprint density at radius 2 is 2.03 bits per heavy atom. The summed E-state index contributed by atoms with van der Waals surface area (Å²) in [4.78, 5) is 5.64. The highest BCUT2D eigenvalue weighted by Gasteiger charge is 2.41. The van der Waals surface area contributed by atoms with E-state index in [1.54, 1.807) is 24.8 Å². The minimum Gasteiger partial charge on any atom is -0.497 e. The van der Waals surface area contributed by atoms with Crippen LogP contribution < -0.4 is 14.8 Å². The van der Waals surface area contributed by atoms with E-state index in [2.05, 4.69) is 45.0 Å². The molecule has 2 aromatic carbocycles. The summed E-state index contributed by atoms with van der Waals surface area (Å²) in [5.74, 6) is 2.37. The molecular weight excluding hydrogens is 396 g/mol. The van der Waals surface area contributed by atoms with Gasteiger partial charge < -0.3 is 14.8 Å². The summed E-state index contributed by atoms with van der Waals surface area (Å²) in [5, 5.41) is 10.1. The summed E-state index contributed by atoms with van der Waals surface area (Å²) in [7, 11) is 1.68. The Balaban J connectivity index is 1.62. The summed E-state index contributed by atoms with van der Waals surface area (Å²) in [6.07, 6.45) is 1.30. The van der Waals surface area contributed by atoms with Crippen LogP contribution in [-0.4, -0.2) is 21.9 Å². The molecule has 4 heterocycles. The van der Waals surface area contributed by atoms with Crippen molar-refractivity contribution in [2.24, 2.45) is 0 Å². The third-order valence-electron chi connectivity index (χ3n) is 5.53. The number of methoxy groups -OCH3 is 1. The molecule has 0 spiro atoms. The second-order valence-corrected chi connectivity index (χ2v) is 8.15. The number of aromatic nitrogens is 3. The Hall–Kier alpha value is -3.58. The maximum Gasteiger partial charge on any atom is 0.226 e. The Bertz CT molecular complexity index is 1260. The monoisotopic (exact) mass is 414 g/mol.